The van der Waals surface area contributed by atoms with E-state index in [2.05, 4.69) is 69.4 Å². The molecule has 0 aromatic carbocycles. The molecule has 0 amide bonds. The lowest BCUT2D eigenvalue weighted by Crippen LogP contribution is -2.30. The molecule has 0 aliphatic rings. The Morgan fingerprint density at radius 2 is 0.571 bits per heavy atom. The summed E-state index contributed by atoms with van der Waals surface area (Å²) in [6, 6.07) is 0. The molecule has 6 heteroatoms. The van der Waals surface area contributed by atoms with Gasteiger partial charge in [-0.3, -0.25) is 14.4 Å². The van der Waals surface area contributed by atoms with Crippen molar-refractivity contribution in [1.29, 1.82) is 0 Å². The second-order valence-electron chi connectivity index (χ2n) is 18.1. The molecule has 0 N–H and O–H groups in total. The number of esters is 3. The molecule has 0 aliphatic heterocycles. The van der Waals surface area contributed by atoms with Crippen LogP contribution in [0.2, 0.25) is 0 Å². The topological polar surface area (TPSA) is 78.9 Å². The maximum Gasteiger partial charge on any atom is 0.306 e. The molecule has 0 rings (SSSR count). The minimum Gasteiger partial charge on any atom is -0.462 e. The van der Waals surface area contributed by atoms with Gasteiger partial charge in [0.1, 0.15) is 13.2 Å². The number of ether oxygens (including phenoxy) is 3. The van der Waals surface area contributed by atoms with Crippen molar-refractivity contribution in [3.05, 3.63) is 48.6 Å². The van der Waals surface area contributed by atoms with Gasteiger partial charge in [0.2, 0.25) is 0 Å². The van der Waals surface area contributed by atoms with Crippen LogP contribution in [-0.2, 0) is 28.6 Å². The molecule has 0 aromatic heterocycles. The van der Waals surface area contributed by atoms with E-state index in [9.17, 15) is 14.4 Å². The van der Waals surface area contributed by atoms with Gasteiger partial charge in [-0.25, -0.2) is 0 Å². The number of allylic oxidation sites excluding steroid dienone is 8. The fourth-order valence-electron chi connectivity index (χ4n) is 7.64. The van der Waals surface area contributed by atoms with Gasteiger partial charge < -0.3 is 14.2 Å². The largest absolute Gasteiger partial charge is 0.462 e. The maximum atomic E-state index is 12.8. The molecule has 0 bridgehead atoms. The number of unbranched alkanes of at least 4 members (excludes halogenated alkanes) is 30. The molecule has 0 unspecified atom stereocenters. The first-order valence-electron chi connectivity index (χ1n) is 27.1. The minimum absolute atomic E-state index is 0.0802. The summed E-state index contributed by atoms with van der Waals surface area (Å²) in [4.78, 5) is 38.0. The lowest BCUT2D eigenvalue weighted by atomic mass is 10.1. The molecule has 63 heavy (non-hydrogen) atoms. The van der Waals surface area contributed by atoms with Gasteiger partial charge in [0, 0.05) is 19.3 Å². The Hall–Kier alpha value is -2.63. The first-order valence-corrected chi connectivity index (χ1v) is 27.1. The Morgan fingerprint density at radius 3 is 0.921 bits per heavy atom. The molecule has 0 saturated heterocycles. The van der Waals surface area contributed by atoms with E-state index in [0.717, 1.165) is 77.0 Å². The molecule has 1 atom stereocenters. The van der Waals surface area contributed by atoms with Crippen LogP contribution in [0.5, 0.6) is 0 Å². The number of hydrogen-bond donors (Lipinski definition) is 0. The van der Waals surface area contributed by atoms with Crippen LogP contribution in [0.25, 0.3) is 0 Å². The van der Waals surface area contributed by atoms with Crippen LogP contribution < -0.4 is 0 Å². The highest BCUT2D eigenvalue weighted by Crippen LogP contribution is 2.15. The molecule has 0 saturated carbocycles. The lowest BCUT2D eigenvalue weighted by Gasteiger charge is -2.18. The SMILES string of the molecule is CCCCC/C=C\C/C=C\CCCCCCCCCC(=O)O[C@@H](COC(=O)CCCCCCC/C=C\CCCCCC)COC(=O)CCCCCCCCC/C=C\CCCCCC. The van der Waals surface area contributed by atoms with E-state index < -0.39 is 6.10 Å². The minimum atomic E-state index is -0.781. The van der Waals surface area contributed by atoms with Gasteiger partial charge in [-0.2, -0.15) is 0 Å². The standard InChI is InChI=1S/C57H102O6/c1-4-7-10-13-16-19-22-25-27-28-30-33-36-39-42-45-48-51-57(60)63-54(52-61-55(58)49-46-43-40-37-34-31-24-21-18-15-12-9-6-3)53-62-56(59)50-47-44-41-38-35-32-29-26-23-20-17-14-11-8-5-2/h16,19-21,23-25,27,54H,4-15,17-18,22,26,28-53H2,1-3H3/b19-16-,23-20-,24-21-,27-25-/t54-/m0/s1. The summed E-state index contributed by atoms with van der Waals surface area (Å²) in [6.45, 7) is 6.59. The number of rotatable bonds is 49. The van der Waals surface area contributed by atoms with Crippen molar-refractivity contribution in [2.75, 3.05) is 13.2 Å². The van der Waals surface area contributed by atoms with Crippen LogP contribution in [0.1, 0.15) is 278 Å². The van der Waals surface area contributed by atoms with Crippen molar-refractivity contribution in [2.45, 2.75) is 284 Å². The smallest absolute Gasteiger partial charge is 0.306 e. The lowest BCUT2D eigenvalue weighted by molar-refractivity contribution is -0.167. The van der Waals surface area contributed by atoms with Gasteiger partial charge in [-0.15, -0.1) is 0 Å². The molecule has 0 spiro atoms. The molecular weight excluding hydrogens is 781 g/mol. The van der Waals surface area contributed by atoms with Crippen LogP contribution in [0.3, 0.4) is 0 Å². The molecule has 366 valence electrons. The van der Waals surface area contributed by atoms with Crippen molar-refractivity contribution >= 4 is 17.9 Å². The maximum absolute atomic E-state index is 12.8. The van der Waals surface area contributed by atoms with Crippen molar-refractivity contribution in [1.82, 2.24) is 0 Å². The van der Waals surface area contributed by atoms with Crippen molar-refractivity contribution in [2.24, 2.45) is 0 Å². The highest BCUT2D eigenvalue weighted by molar-refractivity contribution is 5.71. The molecule has 0 aliphatic carbocycles. The molecule has 6 nitrogen and oxygen atoms in total. The van der Waals surface area contributed by atoms with Gasteiger partial charge >= 0.3 is 17.9 Å². The average molecular weight is 883 g/mol. The predicted octanol–water partition coefficient (Wildman–Crippen LogP) is 17.9. The molecule has 0 radical (unpaired) electrons. The Labute approximate surface area is 390 Å². The predicted molar refractivity (Wildman–Crippen MR) is 270 cm³/mol. The van der Waals surface area contributed by atoms with Crippen LogP contribution in [0.15, 0.2) is 48.6 Å². The van der Waals surface area contributed by atoms with Crippen molar-refractivity contribution in [3.63, 3.8) is 0 Å². The second kappa shape index (κ2) is 52.0. The van der Waals surface area contributed by atoms with E-state index in [-0.39, 0.29) is 31.1 Å². The summed E-state index contributed by atoms with van der Waals surface area (Å²) in [5.41, 5.74) is 0. The number of carbonyl (C=O) groups excluding carboxylic acids is 3. The highest BCUT2D eigenvalue weighted by Gasteiger charge is 2.19. The average Bonchev–Trinajstić information content (AvgIpc) is 3.28. The first-order chi connectivity index (χ1) is 31.0. The highest BCUT2D eigenvalue weighted by atomic mass is 16.6. The van der Waals surface area contributed by atoms with E-state index in [0.29, 0.717) is 19.3 Å². The van der Waals surface area contributed by atoms with E-state index in [1.165, 1.54) is 161 Å². The van der Waals surface area contributed by atoms with Crippen LogP contribution in [0, 0.1) is 0 Å². The fraction of sp³-hybridized carbons (Fsp3) is 0.807. The normalized spacial score (nSPS) is 12.4. The second-order valence-corrected chi connectivity index (χ2v) is 18.1. The number of carbonyl (C=O) groups is 3. The summed E-state index contributed by atoms with van der Waals surface area (Å²) < 4.78 is 16.8. The van der Waals surface area contributed by atoms with Gasteiger partial charge in [0.15, 0.2) is 6.10 Å². The third kappa shape index (κ3) is 50.2. The first kappa shape index (κ1) is 60.4. The third-order valence-corrected chi connectivity index (χ3v) is 11.8. The summed E-state index contributed by atoms with van der Waals surface area (Å²) in [5, 5.41) is 0. The zero-order valence-corrected chi connectivity index (χ0v) is 41.8. The van der Waals surface area contributed by atoms with Crippen LogP contribution >= 0.6 is 0 Å². The Morgan fingerprint density at radius 1 is 0.317 bits per heavy atom. The summed E-state index contributed by atoms with van der Waals surface area (Å²) in [6.07, 6.45) is 62.3. The Balaban J connectivity index is 4.39. The molecule has 0 aromatic rings. The molecular formula is C57H102O6. The molecule has 0 heterocycles. The Bertz CT molecular complexity index is 1110. The van der Waals surface area contributed by atoms with E-state index in [1.807, 2.05) is 0 Å². The van der Waals surface area contributed by atoms with Crippen molar-refractivity contribution < 1.29 is 28.6 Å². The quantitative estimate of drug-likeness (QED) is 0.0262. The van der Waals surface area contributed by atoms with E-state index in [4.69, 9.17) is 14.2 Å². The van der Waals surface area contributed by atoms with E-state index in [1.54, 1.807) is 0 Å². The van der Waals surface area contributed by atoms with Gasteiger partial charge in [-0.1, -0.05) is 204 Å². The van der Waals surface area contributed by atoms with Crippen molar-refractivity contribution in [3.8, 4) is 0 Å². The fourth-order valence-corrected chi connectivity index (χ4v) is 7.64. The van der Waals surface area contributed by atoms with Crippen LogP contribution in [0.4, 0.5) is 0 Å². The summed E-state index contributed by atoms with van der Waals surface area (Å²) in [5.74, 6) is -0.892. The molecule has 0 fully saturated rings. The monoisotopic (exact) mass is 883 g/mol. The number of hydrogen-bond acceptors (Lipinski definition) is 6. The summed E-state index contributed by atoms with van der Waals surface area (Å²) in [7, 11) is 0. The Kier molecular flexibility index (Phi) is 49.8. The van der Waals surface area contributed by atoms with Gasteiger partial charge in [0.25, 0.3) is 0 Å². The zero-order chi connectivity index (χ0) is 45.8. The van der Waals surface area contributed by atoms with E-state index >= 15 is 0 Å². The zero-order valence-electron chi connectivity index (χ0n) is 41.8. The van der Waals surface area contributed by atoms with Crippen LogP contribution in [-0.4, -0.2) is 37.2 Å². The third-order valence-electron chi connectivity index (χ3n) is 11.8. The summed E-state index contributed by atoms with van der Waals surface area (Å²) >= 11 is 0. The van der Waals surface area contributed by atoms with Gasteiger partial charge in [-0.05, 0) is 103 Å². The van der Waals surface area contributed by atoms with Gasteiger partial charge in [0.05, 0.1) is 0 Å².